The number of hydrogen-bond acceptors (Lipinski definition) is 2. The summed E-state index contributed by atoms with van der Waals surface area (Å²) in [7, 11) is 0. The molecule has 2 N–H and O–H groups in total. The molecule has 12 heavy (non-hydrogen) atoms. The molecule has 0 spiro atoms. The van der Waals surface area contributed by atoms with Crippen molar-refractivity contribution in [2.24, 2.45) is 0 Å². The van der Waals surface area contributed by atoms with Crippen LogP contribution in [0.4, 0.5) is 0 Å². The van der Waals surface area contributed by atoms with E-state index in [4.69, 9.17) is 5.41 Å². The summed E-state index contributed by atoms with van der Waals surface area (Å²) < 4.78 is 0. The average molecular weight is 160 g/mol. The second-order valence-corrected chi connectivity index (χ2v) is 2.79. The second-order valence-electron chi connectivity index (χ2n) is 2.79. The lowest BCUT2D eigenvalue weighted by molar-refractivity contribution is 1.08. The van der Waals surface area contributed by atoms with Crippen molar-refractivity contribution in [2.75, 3.05) is 0 Å². The quantitative estimate of drug-likeness (QED) is 0.583. The van der Waals surface area contributed by atoms with Crippen molar-refractivity contribution < 1.29 is 0 Å². The molecule has 60 valence electrons. The van der Waals surface area contributed by atoms with Gasteiger partial charge in [-0.1, -0.05) is 6.08 Å². The third-order valence-corrected chi connectivity index (χ3v) is 1.87. The Bertz CT molecular complexity index is 415. The highest BCUT2D eigenvalue weighted by Crippen LogP contribution is 2.12. The van der Waals surface area contributed by atoms with E-state index in [0.717, 1.165) is 11.3 Å². The molecule has 1 aliphatic rings. The van der Waals surface area contributed by atoms with Gasteiger partial charge in [-0.3, -0.25) is 4.79 Å². The van der Waals surface area contributed by atoms with Crippen molar-refractivity contribution in [2.45, 2.75) is 6.42 Å². The van der Waals surface area contributed by atoms with Crippen molar-refractivity contribution in [3.63, 3.8) is 0 Å². The van der Waals surface area contributed by atoms with Crippen molar-refractivity contribution >= 4 is 11.8 Å². The first-order valence-corrected chi connectivity index (χ1v) is 3.73. The smallest absolute Gasteiger partial charge is 0.248 e. The number of allylic oxidation sites excluding steroid dienone is 1. The Balaban J connectivity index is 2.61. The molecule has 1 aromatic heterocycles. The van der Waals surface area contributed by atoms with Gasteiger partial charge in [0.05, 0.1) is 0 Å². The Hall–Kier alpha value is -1.64. The van der Waals surface area contributed by atoms with E-state index in [1.807, 2.05) is 6.08 Å². The van der Waals surface area contributed by atoms with Gasteiger partial charge in [-0.2, -0.15) is 0 Å². The first kappa shape index (κ1) is 7.03. The molecule has 0 fully saturated rings. The summed E-state index contributed by atoms with van der Waals surface area (Å²) in [6, 6.07) is 3.27. The van der Waals surface area contributed by atoms with E-state index < -0.39 is 0 Å². The van der Waals surface area contributed by atoms with Crippen molar-refractivity contribution in [3.8, 4) is 0 Å². The number of rotatable bonds is 0. The minimum absolute atomic E-state index is 0.100. The number of H-pyrrole nitrogens is 1. The number of nitrogens with one attached hydrogen (secondary N) is 2. The van der Waals surface area contributed by atoms with Gasteiger partial charge < -0.3 is 10.4 Å². The van der Waals surface area contributed by atoms with Crippen LogP contribution in [0.3, 0.4) is 0 Å². The SMILES string of the molecule is N=C1C=Cc2ccc(=O)[nH]c2C1. The van der Waals surface area contributed by atoms with Crippen LogP contribution in [0.15, 0.2) is 23.0 Å². The summed E-state index contributed by atoms with van der Waals surface area (Å²) in [6.07, 6.45) is 4.12. The number of aromatic nitrogens is 1. The Kier molecular flexibility index (Phi) is 1.43. The number of aromatic amines is 1. The zero-order valence-corrected chi connectivity index (χ0v) is 6.42. The fourth-order valence-corrected chi connectivity index (χ4v) is 1.27. The summed E-state index contributed by atoms with van der Waals surface area (Å²) >= 11 is 0. The molecule has 3 heteroatoms. The molecule has 0 atom stereocenters. The van der Waals surface area contributed by atoms with Crippen LogP contribution in [0, 0.1) is 5.41 Å². The van der Waals surface area contributed by atoms with Crippen molar-refractivity contribution in [1.29, 1.82) is 5.41 Å². The van der Waals surface area contributed by atoms with Crippen LogP contribution in [0.25, 0.3) is 6.08 Å². The van der Waals surface area contributed by atoms with Crippen molar-refractivity contribution in [1.82, 2.24) is 4.98 Å². The molecule has 1 aliphatic carbocycles. The predicted octanol–water partition coefficient (Wildman–Crippen LogP) is 0.964. The predicted molar refractivity (Wildman–Crippen MR) is 47.5 cm³/mol. The summed E-state index contributed by atoms with van der Waals surface area (Å²) in [4.78, 5) is 13.6. The maximum Gasteiger partial charge on any atom is 0.248 e. The number of pyridine rings is 1. The lowest BCUT2D eigenvalue weighted by Gasteiger charge is -2.09. The average Bonchev–Trinajstić information content (AvgIpc) is 2.03. The third kappa shape index (κ3) is 1.09. The first-order chi connectivity index (χ1) is 5.75. The van der Waals surface area contributed by atoms with Gasteiger partial charge in [0.15, 0.2) is 0 Å². The molecule has 3 nitrogen and oxygen atoms in total. The topological polar surface area (TPSA) is 56.7 Å². The third-order valence-electron chi connectivity index (χ3n) is 1.87. The maximum atomic E-state index is 10.9. The highest BCUT2D eigenvalue weighted by Gasteiger charge is 2.07. The number of fused-ring (bicyclic) bond motifs is 1. The van der Waals surface area contributed by atoms with Gasteiger partial charge >= 0.3 is 0 Å². The largest absolute Gasteiger partial charge is 0.325 e. The molecule has 1 heterocycles. The minimum atomic E-state index is -0.100. The van der Waals surface area contributed by atoms with E-state index in [0.29, 0.717) is 12.1 Å². The van der Waals surface area contributed by atoms with Crippen LogP contribution in [0.5, 0.6) is 0 Å². The molecule has 0 aromatic carbocycles. The van der Waals surface area contributed by atoms with Gasteiger partial charge in [0.2, 0.25) is 5.56 Å². The lowest BCUT2D eigenvalue weighted by Crippen LogP contribution is -2.13. The molecular weight excluding hydrogens is 152 g/mol. The monoisotopic (exact) mass is 160 g/mol. The number of hydrogen-bond donors (Lipinski definition) is 2. The lowest BCUT2D eigenvalue weighted by atomic mass is 10.0. The van der Waals surface area contributed by atoms with Crippen LogP contribution in [0.2, 0.25) is 0 Å². The van der Waals surface area contributed by atoms with E-state index >= 15 is 0 Å². The van der Waals surface area contributed by atoms with E-state index in [-0.39, 0.29) is 5.56 Å². The van der Waals surface area contributed by atoms with Crippen LogP contribution in [-0.4, -0.2) is 10.7 Å². The van der Waals surface area contributed by atoms with Gasteiger partial charge in [-0.05, 0) is 17.7 Å². The standard InChI is InChI=1S/C9H8N2O/c10-7-3-1-6-2-4-9(12)11-8(6)5-7/h1-4,10H,5H2,(H,11,12). The van der Waals surface area contributed by atoms with Gasteiger partial charge in [-0.15, -0.1) is 0 Å². The molecule has 1 aromatic rings. The molecule has 0 amide bonds. The van der Waals surface area contributed by atoms with E-state index in [1.165, 1.54) is 6.07 Å². The molecule has 0 aliphatic heterocycles. The summed E-state index contributed by atoms with van der Waals surface area (Å²) in [5.74, 6) is 0. The van der Waals surface area contributed by atoms with Gasteiger partial charge in [0.1, 0.15) is 0 Å². The van der Waals surface area contributed by atoms with Crippen LogP contribution in [0.1, 0.15) is 11.3 Å². The van der Waals surface area contributed by atoms with Crippen LogP contribution in [-0.2, 0) is 6.42 Å². The molecule has 0 radical (unpaired) electrons. The molecule has 0 bridgehead atoms. The first-order valence-electron chi connectivity index (χ1n) is 3.73. The summed E-state index contributed by atoms with van der Waals surface area (Å²) in [5.41, 5.74) is 2.28. The normalized spacial score (nSPS) is 14.5. The molecular formula is C9H8N2O. The Morgan fingerprint density at radius 1 is 1.33 bits per heavy atom. The Morgan fingerprint density at radius 3 is 3.00 bits per heavy atom. The van der Waals surface area contributed by atoms with Gasteiger partial charge in [-0.25, -0.2) is 0 Å². The van der Waals surface area contributed by atoms with Crippen LogP contribution >= 0.6 is 0 Å². The van der Waals surface area contributed by atoms with Gasteiger partial charge in [0.25, 0.3) is 0 Å². The van der Waals surface area contributed by atoms with Crippen molar-refractivity contribution in [3.05, 3.63) is 39.8 Å². The second kappa shape index (κ2) is 2.44. The zero-order valence-electron chi connectivity index (χ0n) is 6.42. The van der Waals surface area contributed by atoms with E-state index in [1.54, 1.807) is 12.1 Å². The van der Waals surface area contributed by atoms with Crippen LogP contribution < -0.4 is 5.56 Å². The van der Waals surface area contributed by atoms with E-state index in [9.17, 15) is 4.79 Å². The highest BCUT2D eigenvalue weighted by molar-refractivity contribution is 5.99. The zero-order chi connectivity index (χ0) is 8.55. The van der Waals surface area contributed by atoms with E-state index in [2.05, 4.69) is 4.98 Å². The summed E-state index contributed by atoms with van der Waals surface area (Å²) in [5, 5.41) is 7.38. The fraction of sp³-hybridized carbons (Fsp3) is 0.111. The fourth-order valence-electron chi connectivity index (χ4n) is 1.27. The molecule has 0 saturated carbocycles. The highest BCUT2D eigenvalue weighted by atomic mass is 16.1. The molecule has 0 saturated heterocycles. The molecule has 2 rings (SSSR count). The van der Waals surface area contributed by atoms with Gasteiger partial charge in [0, 0.05) is 23.9 Å². The Labute approximate surface area is 69.3 Å². The maximum absolute atomic E-state index is 10.9. The summed E-state index contributed by atoms with van der Waals surface area (Å²) in [6.45, 7) is 0. The molecule has 0 unspecified atom stereocenters. The Morgan fingerprint density at radius 2 is 2.17 bits per heavy atom. The minimum Gasteiger partial charge on any atom is -0.325 e.